The Labute approximate surface area is 156 Å². The number of hydrogen-bond acceptors (Lipinski definition) is 6. The highest BCUT2D eigenvalue weighted by Gasteiger charge is 2.35. The van der Waals surface area contributed by atoms with E-state index in [0.29, 0.717) is 48.9 Å². The van der Waals surface area contributed by atoms with Crippen LogP contribution in [0.5, 0.6) is 11.5 Å². The molecule has 0 bridgehead atoms. The number of carbonyl (C=O) groups is 2. The maximum Gasteiger partial charge on any atom is 0.329 e. The van der Waals surface area contributed by atoms with Crippen LogP contribution >= 0.6 is 0 Å². The van der Waals surface area contributed by atoms with Crippen LogP contribution in [0.2, 0.25) is 0 Å². The molecule has 0 radical (unpaired) electrons. The molecule has 9 nitrogen and oxygen atoms in total. The maximum atomic E-state index is 12.6. The number of carboxylic acid groups (broad SMARTS) is 1. The van der Waals surface area contributed by atoms with Crippen LogP contribution in [0.1, 0.15) is 42.9 Å². The highest BCUT2D eigenvalue weighted by Crippen LogP contribution is 2.32. The lowest BCUT2D eigenvalue weighted by Gasteiger charge is -2.25. The number of fused-ring (bicyclic) bond motifs is 1. The summed E-state index contributed by atoms with van der Waals surface area (Å²) in [5.41, 5.74) is -0.126. The van der Waals surface area contributed by atoms with Crippen molar-refractivity contribution >= 4 is 11.9 Å². The molecule has 2 aromatic rings. The molecule has 1 atom stereocenters. The van der Waals surface area contributed by atoms with Crippen molar-refractivity contribution < 1.29 is 24.2 Å². The summed E-state index contributed by atoms with van der Waals surface area (Å²) in [6.45, 7) is 6.00. The number of rotatable bonds is 6. The van der Waals surface area contributed by atoms with Crippen LogP contribution in [-0.2, 0) is 4.79 Å². The van der Waals surface area contributed by atoms with Crippen LogP contribution in [0.4, 0.5) is 0 Å². The average molecular weight is 374 g/mol. The van der Waals surface area contributed by atoms with E-state index in [4.69, 9.17) is 9.47 Å². The summed E-state index contributed by atoms with van der Waals surface area (Å²) in [6, 6.07) is 5.32. The van der Waals surface area contributed by atoms with Gasteiger partial charge >= 0.3 is 5.97 Å². The Bertz CT molecular complexity index is 879. The Kier molecular flexibility index (Phi) is 5.02. The van der Waals surface area contributed by atoms with Crippen molar-refractivity contribution in [1.82, 2.24) is 20.3 Å². The number of aliphatic carboxylic acids is 1. The van der Waals surface area contributed by atoms with Crippen molar-refractivity contribution in [2.75, 3.05) is 13.2 Å². The fraction of sp³-hybridized carbons (Fsp3) is 0.444. The van der Waals surface area contributed by atoms with Gasteiger partial charge in [-0.2, -0.15) is 0 Å². The number of ether oxygens (including phenoxy) is 2. The first kappa shape index (κ1) is 18.7. The quantitative estimate of drug-likeness (QED) is 0.791. The zero-order chi connectivity index (χ0) is 19.6. The van der Waals surface area contributed by atoms with Gasteiger partial charge in [-0.25, -0.2) is 9.48 Å². The Morgan fingerprint density at radius 3 is 2.67 bits per heavy atom. The summed E-state index contributed by atoms with van der Waals surface area (Å²) >= 11 is 0. The highest BCUT2D eigenvalue weighted by atomic mass is 16.6. The van der Waals surface area contributed by atoms with Crippen molar-refractivity contribution in [3.63, 3.8) is 0 Å². The minimum absolute atomic E-state index is 0.0773. The molecule has 3 rings (SSSR count). The first-order valence-electron chi connectivity index (χ1n) is 8.74. The third-order valence-corrected chi connectivity index (χ3v) is 4.49. The van der Waals surface area contributed by atoms with Gasteiger partial charge in [0.15, 0.2) is 17.2 Å². The zero-order valence-electron chi connectivity index (χ0n) is 15.5. The first-order valence-corrected chi connectivity index (χ1v) is 8.74. The average Bonchev–Trinajstić information content (AvgIpc) is 3.03. The lowest BCUT2D eigenvalue weighted by molar-refractivity contribution is -0.144. The molecule has 2 N–H and O–H groups in total. The molecule has 2 heterocycles. The predicted octanol–water partition coefficient (Wildman–Crippen LogP) is 1.72. The van der Waals surface area contributed by atoms with E-state index in [1.165, 1.54) is 11.6 Å². The van der Waals surface area contributed by atoms with Crippen molar-refractivity contribution in [2.24, 2.45) is 0 Å². The molecule has 1 aliphatic rings. The lowest BCUT2D eigenvalue weighted by Crippen LogP contribution is -2.52. The van der Waals surface area contributed by atoms with Gasteiger partial charge < -0.3 is 19.9 Å². The van der Waals surface area contributed by atoms with Gasteiger partial charge in [-0.05, 0) is 32.4 Å². The molecule has 144 valence electrons. The van der Waals surface area contributed by atoms with E-state index in [9.17, 15) is 14.7 Å². The number of nitrogens with zero attached hydrogens (tertiary/aromatic N) is 3. The second-order valence-electron chi connectivity index (χ2n) is 6.60. The molecular weight excluding hydrogens is 352 g/mol. The van der Waals surface area contributed by atoms with E-state index >= 15 is 0 Å². The Hall–Kier alpha value is -3.10. The van der Waals surface area contributed by atoms with E-state index in [2.05, 4.69) is 15.6 Å². The normalized spacial score (nSPS) is 15.1. The van der Waals surface area contributed by atoms with E-state index < -0.39 is 17.4 Å². The third kappa shape index (κ3) is 3.57. The number of benzene rings is 1. The maximum absolute atomic E-state index is 12.6. The molecule has 1 aliphatic heterocycles. The third-order valence-electron chi connectivity index (χ3n) is 4.49. The van der Waals surface area contributed by atoms with Crippen LogP contribution in [0, 0.1) is 6.92 Å². The molecule has 1 aromatic carbocycles. The molecule has 0 fully saturated rings. The van der Waals surface area contributed by atoms with Gasteiger partial charge in [0.1, 0.15) is 18.8 Å². The number of hydrogen-bond donors (Lipinski definition) is 2. The lowest BCUT2D eigenvalue weighted by atomic mass is 9.96. The Balaban J connectivity index is 1.87. The fourth-order valence-electron chi connectivity index (χ4n) is 2.98. The molecule has 1 amide bonds. The smallest absolute Gasteiger partial charge is 0.329 e. The van der Waals surface area contributed by atoms with Crippen molar-refractivity contribution in [3.05, 3.63) is 29.6 Å². The second kappa shape index (κ2) is 7.26. The van der Waals surface area contributed by atoms with Gasteiger partial charge in [-0.1, -0.05) is 18.6 Å². The van der Waals surface area contributed by atoms with Gasteiger partial charge in [0.25, 0.3) is 5.91 Å². The largest absolute Gasteiger partial charge is 0.486 e. The molecule has 0 spiro atoms. The fourth-order valence-corrected chi connectivity index (χ4v) is 2.98. The van der Waals surface area contributed by atoms with Crippen molar-refractivity contribution in [1.29, 1.82) is 0 Å². The summed E-state index contributed by atoms with van der Waals surface area (Å²) < 4.78 is 12.6. The highest BCUT2D eigenvalue weighted by molar-refractivity contribution is 5.97. The van der Waals surface area contributed by atoms with Crippen molar-refractivity contribution in [2.45, 2.75) is 39.2 Å². The standard InChI is InChI=1S/C18H22N4O5/c1-4-7-18(3,17(24)25)19-16(23)15-11(2)22(21-20-15)12-5-6-13-14(10-12)27-9-8-26-13/h5-6,10H,4,7-9H2,1-3H3,(H,19,23)(H,24,25). The van der Waals surface area contributed by atoms with Gasteiger partial charge in [0.2, 0.25) is 0 Å². The number of nitrogens with one attached hydrogen (secondary N) is 1. The Morgan fingerprint density at radius 1 is 1.30 bits per heavy atom. The minimum atomic E-state index is -1.36. The van der Waals surface area contributed by atoms with E-state index in [1.807, 2.05) is 6.92 Å². The predicted molar refractivity (Wildman–Crippen MR) is 95.5 cm³/mol. The molecule has 27 heavy (non-hydrogen) atoms. The molecular formula is C18H22N4O5. The summed E-state index contributed by atoms with van der Waals surface area (Å²) in [5, 5.41) is 20.0. The van der Waals surface area contributed by atoms with E-state index in [1.54, 1.807) is 25.1 Å². The van der Waals surface area contributed by atoms with E-state index in [0.717, 1.165) is 0 Å². The molecule has 1 aromatic heterocycles. The zero-order valence-corrected chi connectivity index (χ0v) is 15.5. The minimum Gasteiger partial charge on any atom is -0.486 e. The van der Waals surface area contributed by atoms with E-state index in [-0.39, 0.29) is 5.69 Å². The van der Waals surface area contributed by atoms with Crippen LogP contribution in [-0.4, -0.2) is 50.7 Å². The molecule has 0 saturated carbocycles. The van der Waals surface area contributed by atoms with Gasteiger partial charge in [0, 0.05) is 6.07 Å². The number of amides is 1. The van der Waals surface area contributed by atoms with Gasteiger partial charge in [0.05, 0.1) is 11.4 Å². The number of carboxylic acids is 1. The van der Waals surface area contributed by atoms with Crippen LogP contribution in [0.25, 0.3) is 5.69 Å². The van der Waals surface area contributed by atoms with Crippen molar-refractivity contribution in [3.8, 4) is 17.2 Å². The molecule has 0 aliphatic carbocycles. The molecule has 9 heteroatoms. The molecule has 1 unspecified atom stereocenters. The second-order valence-corrected chi connectivity index (χ2v) is 6.60. The first-order chi connectivity index (χ1) is 12.9. The van der Waals surface area contributed by atoms with Crippen LogP contribution in [0.15, 0.2) is 18.2 Å². The van der Waals surface area contributed by atoms with Gasteiger partial charge in [-0.3, -0.25) is 4.79 Å². The number of aromatic nitrogens is 3. The monoisotopic (exact) mass is 374 g/mol. The van der Waals surface area contributed by atoms with Crippen LogP contribution < -0.4 is 14.8 Å². The Morgan fingerprint density at radius 2 is 2.00 bits per heavy atom. The summed E-state index contributed by atoms with van der Waals surface area (Å²) in [4.78, 5) is 24.1. The summed E-state index contributed by atoms with van der Waals surface area (Å²) in [5.74, 6) is -0.414. The molecule has 0 saturated heterocycles. The summed E-state index contributed by atoms with van der Waals surface area (Å²) in [7, 11) is 0. The SMILES string of the molecule is CCCC(C)(NC(=O)c1nnn(-c2ccc3c(c2)OCCO3)c1C)C(=O)O. The summed E-state index contributed by atoms with van der Waals surface area (Å²) in [6.07, 6.45) is 0.926. The van der Waals surface area contributed by atoms with Crippen LogP contribution in [0.3, 0.4) is 0 Å². The number of carbonyl (C=O) groups excluding carboxylic acids is 1. The topological polar surface area (TPSA) is 116 Å². The van der Waals surface area contributed by atoms with Gasteiger partial charge in [-0.15, -0.1) is 5.10 Å².